The standard InChI is InChI=1S/C17H19Cl2N3O3.ClH/c1-2-25-17-6-3-13(18)9-12(17)11-20-7-8-21-16-5-4-14(22(23)24)10-15(16)19;/h3-6,9-10,20-21H,2,7-8,11H2,1H3;1H. The fourth-order valence-electron chi connectivity index (χ4n) is 2.25. The van der Waals surface area contributed by atoms with Crippen LogP contribution in [0.3, 0.4) is 0 Å². The molecule has 0 saturated carbocycles. The van der Waals surface area contributed by atoms with Crippen LogP contribution < -0.4 is 15.4 Å². The zero-order valence-corrected chi connectivity index (χ0v) is 16.5. The highest BCUT2D eigenvalue weighted by molar-refractivity contribution is 6.33. The van der Waals surface area contributed by atoms with Crippen LogP contribution in [0, 0.1) is 10.1 Å². The normalized spacial score (nSPS) is 10.1. The van der Waals surface area contributed by atoms with Crippen molar-refractivity contribution in [2.24, 2.45) is 0 Å². The van der Waals surface area contributed by atoms with E-state index in [1.807, 2.05) is 19.1 Å². The molecule has 0 amide bonds. The van der Waals surface area contributed by atoms with Crippen LogP contribution in [0.4, 0.5) is 11.4 Å². The number of nitro benzene ring substituents is 1. The van der Waals surface area contributed by atoms with Gasteiger partial charge in [-0.15, -0.1) is 12.4 Å². The first-order valence-corrected chi connectivity index (χ1v) is 8.56. The van der Waals surface area contributed by atoms with E-state index >= 15 is 0 Å². The Hall–Kier alpha value is -1.73. The molecule has 2 aromatic carbocycles. The molecule has 0 aliphatic carbocycles. The van der Waals surface area contributed by atoms with Crippen LogP contribution in [0.5, 0.6) is 5.75 Å². The van der Waals surface area contributed by atoms with Gasteiger partial charge in [-0.1, -0.05) is 23.2 Å². The molecule has 142 valence electrons. The lowest BCUT2D eigenvalue weighted by Gasteiger charge is -2.12. The first-order chi connectivity index (χ1) is 12.0. The number of anilines is 1. The number of nitrogens with zero attached hydrogens (tertiary/aromatic N) is 1. The maximum absolute atomic E-state index is 10.7. The molecule has 0 aliphatic heterocycles. The predicted molar refractivity (Wildman–Crippen MR) is 108 cm³/mol. The average molecular weight is 421 g/mol. The van der Waals surface area contributed by atoms with Crippen LogP contribution in [0.25, 0.3) is 0 Å². The monoisotopic (exact) mass is 419 g/mol. The number of nitro groups is 1. The fraction of sp³-hybridized carbons (Fsp3) is 0.294. The summed E-state index contributed by atoms with van der Waals surface area (Å²) in [6, 6.07) is 9.89. The van der Waals surface area contributed by atoms with E-state index in [-0.39, 0.29) is 18.1 Å². The van der Waals surface area contributed by atoms with Crippen LogP contribution in [0.2, 0.25) is 10.0 Å². The third-order valence-corrected chi connectivity index (χ3v) is 3.97. The van der Waals surface area contributed by atoms with E-state index in [1.54, 1.807) is 12.1 Å². The van der Waals surface area contributed by atoms with Gasteiger partial charge >= 0.3 is 0 Å². The van der Waals surface area contributed by atoms with E-state index in [0.29, 0.717) is 42.0 Å². The van der Waals surface area contributed by atoms with Crippen molar-refractivity contribution in [3.63, 3.8) is 0 Å². The van der Waals surface area contributed by atoms with E-state index < -0.39 is 4.92 Å². The summed E-state index contributed by atoms with van der Waals surface area (Å²) < 4.78 is 5.58. The van der Waals surface area contributed by atoms with Gasteiger partial charge in [0.2, 0.25) is 0 Å². The highest BCUT2D eigenvalue weighted by atomic mass is 35.5. The van der Waals surface area contributed by atoms with E-state index in [2.05, 4.69) is 10.6 Å². The minimum Gasteiger partial charge on any atom is -0.494 e. The van der Waals surface area contributed by atoms with Crippen molar-refractivity contribution in [3.8, 4) is 5.75 Å². The maximum Gasteiger partial charge on any atom is 0.271 e. The van der Waals surface area contributed by atoms with Crippen molar-refractivity contribution >= 4 is 47.0 Å². The van der Waals surface area contributed by atoms with Gasteiger partial charge in [0.15, 0.2) is 0 Å². The molecule has 0 radical (unpaired) electrons. The molecule has 2 N–H and O–H groups in total. The van der Waals surface area contributed by atoms with Crippen LogP contribution in [-0.4, -0.2) is 24.6 Å². The molecule has 0 spiro atoms. The number of nitrogens with one attached hydrogen (secondary N) is 2. The Kier molecular flexibility index (Phi) is 9.51. The SMILES string of the molecule is CCOc1ccc(Cl)cc1CNCCNc1ccc([N+](=O)[O-])cc1Cl.Cl. The summed E-state index contributed by atoms with van der Waals surface area (Å²) >= 11 is 12.1. The largest absolute Gasteiger partial charge is 0.494 e. The summed E-state index contributed by atoms with van der Waals surface area (Å²) in [5.74, 6) is 0.811. The van der Waals surface area contributed by atoms with Gasteiger partial charge in [0.25, 0.3) is 5.69 Å². The molecule has 0 aliphatic rings. The van der Waals surface area contributed by atoms with Gasteiger partial charge in [-0.3, -0.25) is 10.1 Å². The smallest absolute Gasteiger partial charge is 0.271 e. The van der Waals surface area contributed by atoms with E-state index in [0.717, 1.165) is 11.3 Å². The van der Waals surface area contributed by atoms with Crippen LogP contribution in [0.1, 0.15) is 12.5 Å². The Bertz CT molecular complexity index is 744. The molecule has 0 fully saturated rings. The molecule has 9 heteroatoms. The summed E-state index contributed by atoms with van der Waals surface area (Å²) in [5, 5.41) is 18.1. The Balaban J connectivity index is 0.00000338. The molecule has 0 atom stereocenters. The number of halogens is 3. The van der Waals surface area contributed by atoms with Crippen LogP contribution >= 0.6 is 35.6 Å². The van der Waals surface area contributed by atoms with Crippen molar-refractivity contribution < 1.29 is 9.66 Å². The van der Waals surface area contributed by atoms with Crippen molar-refractivity contribution in [2.75, 3.05) is 25.0 Å². The molecule has 6 nitrogen and oxygen atoms in total. The molecule has 0 unspecified atom stereocenters. The minimum atomic E-state index is -0.474. The molecule has 0 aromatic heterocycles. The molecule has 2 rings (SSSR count). The number of benzene rings is 2. The van der Waals surface area contributed by atoms with Gasteiger partial charge < -0.3 is 15.4 Å². The Morgan fingerprint density at radius 2 is 1.92 bits per heavy atom. The highest BCUT2D eigenvalue weighted by Crippen LogP contribution is 2.26. The van der Waals surface area contributed by atoms with Crippen molar-refractivity contribution in [1.29, 1.82) is 0 Å². The Labute approximate surface area is 168 Å². The lowest BCUT2D eigenvalue weighted by atomic mass is 10.2. The van der Waals surface area contributed by atoms with Gasteiger partial charge in [0.1, 0.15) is 5.75 Å². The summed E-state index contributed by atoms with van der Waals surface area (Å²) in [4.78, 5) is 10.2. The lowest BCUT2D eigenvalue weighted by molar-refractivity contribution is -0.384. The first kappa shape index (κ1) is 22.3. The summed E-state index contributed by atoms with van der Waals surface area (Å²) in [6.45, 7) is 4.43. The first-order valence-electron chi connectivity index (χ1n) is 7.81. The van der Waals surface area contributed by atoms with Gasteiger partial charge in [-0.05, 0) is 31.2 Å². The zero-order chi connectivity index (χ0) is 18.2. The highest BCUT2D eigenvalue weighted by Gasteiger charge is 2.09. The number of ether oxygens (including phenoxy) is 1. The van der Waals surface area contributed by atoms with Crippen LogP contribution in [0.15, 0.2) is 36.4 Å². The summed E-state index contributed by atoms with van der Waals surface area (Å²) in [7, 11) is 0. The second-order valence-electron chi connectivity index (χ2n) is 5.21. The average Bonchev–Trinajstić information content (AvgIpc) is 2.58. The van der Waals surface area contributed by atoms with Gasteiger partial charge in [-0.2, -0.15) is 0 Å². The minimum absolute atomic E-state index is 0. The second kappa shape index (κ2) is 11.1. The molecule has 26 heavy (non-hydrogen) atoms. The van der Waals surface area contributed by atoms with E-state index in [4.69, 9.17) is 27.9 Å². The van der Waals surface area contributed by atoms with Crippen molar-refractivity contribution in [1.82, 2.24) is 5.32 Å². The van der Waals surface area contributed by atoms with E-state index in [9.17, 15) is 10.1 Å². The second-order valence-corrected chi connectivity index (χ2v) is 6.05. The van der Waals surface area contributed by atoms with Crippen molar-refractivity contribution in [3.05, 3.63) is 62.1 Å². The number of hydrogen-bond donors (Lipinski definition) is 2. The Morgan fingerprint density at radius 3 is 2.58 bits per heavy atom. The number of hydrogen-bond acceptors (Lipinski definition) is 5. The topological polar surface area (TPSA) is 76.4 Å². The maximum atomic E-state index is 10.7. The predicted octanol–water partition coefficient (Wildman–Crippen LogP) is 4.92. The lowest BCUT2D eigenvalue weighted by Crippen LogP contribution is -2.22. The van der Waals surface area contributed by atoms with Gasteiger partial charge in [0, 0.05) is 42.4 Å². The molecular weight excluding hydrogens is 401 g/mol. The number of non-ortho nitro benzene ring substituents is 1. The summed E-state index contributed by atoms with van der Waals surface area (Å²) in [6.07, 6.45) is 0. The van der Waals surface area contributed by atoms with Crippen molar-refractivity contribution in [2.45, 2.75) is 13.5 Å². The quantitative estimate of drug-likeness (QED) is 0.342. The Morgan fingerprint density at radius 1 is 1.15 bits per heavy atom. The van der Waals surface area contributed by atoms with Gasteiger partial charge in [0.05, 0.1) is 22.2 Å². The zero-order valence-electron chi connectivity index (χ0n) is 14.1. The molecule has 0 bridgehead atoms. The van der Waals surface area contributed by atoms with E-state index in [1.165, 1.54) is 12.1 Å². The molecule has 0 saturated heterocycles. The molecule has 2 aromatic rings. The third-order valence-electron chi connectivity index (χ3n) is 3.42. The fourth-order valence-corrected chi connectivity index (χ4v) is 2.69. The third kappa shape index (κ3) is 6.53. The number of rotatable bonds is 9. The molecular formula is C17H20Cl3N3O3. The molecule has 0 heterocycles. The van der Waals surface area contributed by atoms with Crippen LogP contribution in [-0.2, 0) is 6.54 Å². The summed E-state index contributed by atoms with van der Waals surface area (Å²) in [5.41, 5.74) is 1.62. The van der Waals surface area contributed by atoms with Gasteiger partial charge in [-0.25, -0.2) is 0 Å².